The molecule has 0 heterocycles. The molecule has 1 aromatic rings. The largest absolute Gasteiger partial charge is 0.389 e. The van der Waals surface area contributed by atoms with Crippen molar-refractivity contribution in [2.24, 2.45) is 5.73 Å². The van der Waals surface area contributed by atoms with Crippen LogP contribution in [0.5, 0.6) is 0 Å². The van der Waals surface area contributed by atoms with Gasteiger partial charge in [0.1, 0.15) is 4.99 Å². The zero-order valence-corrected chi connectivity index (χ0v) is 13.9. The van der Waals surface area contributed by atoms with E-state index in [2.05, 4.69) is 0 Å². The first-order valence-corrected chi connectivity index (χ1v) is 8.60. The maximum Gasteiger partial charge on any atom is 0.243 e. The molecule has 0 aliphatic carbocycles. The number of thiocarbonyl (C=S) groups is 1. The van der Waals surface area contributed by atoms with Gasteiger partial charge in [-0.25, -0.2) is 8.42 Å². The van der Waals surface area contributed by atoms with E-state index < -0.39 is 10.0 Å². The predicted octanol–water partition coefficient (Wildman–Crippen LogP) is 2.44. The third kappa shape index (κ3) is 3.77. The molecular formula is C14H22N2O2S2. The number of aryl methyl sites for hydroxylation is 1. The van der Waals surface area contributed by atoms with Gasteiger partial charge in [-0.1, -0.05) is 32.1 Å². The Morgan fingerprint density at radius 1 is 1.25 bits per heavy atom. The summed E-state index contributed by atoms with van der Waals surface area (Å²) < 4.78 is 26.7. The average Bonchev–Trinajstić information content (AvgIpc) is 2.37. The Morgan fingerprint density at radius 2 is 1.80 bits per heavy atom. The molecule has 0 saturated carbocycles. The van der Waals surface area contributed by atoms with Gasteiger partial charge in [-0.2, -0.15) is 4.31 Å². The van der Waals surface area contributed by atoms with Crippen LogP contribution in [0.3, 0.4) is 0 Å². The van der Waals surface area contributed by atoms with E-state index >= 15 is 0 Å². The summed E-state index contributed by atoms with van der Waals surface area (Å²) in [6, 6.07) is 4.90. The second-order valence-electron chi connectivity index (χ2n) is 4.75. The zero-order chi connectivity index (χ0) is 15.3. The molecule has 0 aromatic heterocycles. The number of sulfonamides is 1. The molecule has 0 bridgehead atoms. The molecule has 0 unspecified atom stereocenters. The summed E-state index contributed by atoms with van der Waals surface area (Å²) in [4.78, 5) is 0.585. The van der Waals surface area contributed by atoms with Crippen LogP contribution in [0.1, 0.15) is 37.8 Å². The molecular weight excluding hydrogens is 292 g/mol. The molecule has 0 aliphatic rings. The molecule has 0 spiro atoms. The fourth-order valence-corrected chi connectivity index (χ4v) is 4.01. The number of benzene rings is 1. The van der Waals surface area contributed by atoms with Crippen LogP contribution in [0.15, 0.2) is 23.1 Å². The summed E-state index contributed by atoms with van der Waals surface area (Å²) in [7, 11) is -3.44. The Kier molecular flexibility index (Phi) is 6.10. The van der Waals surface area contributed by atoms with Crippen LogP contribution < -0.4 is 5.73 Å². The molecule has 1 rings (SSSR count). The van der Waals surface area contributed by atoms with E-state index in [4.69, 9.17) is 18.0 Å². The van der Waals surface area contributed by atoms with Crippen molar-refractivity contribution in [1.29, 1.82) is 0 Å². The van der Waals surface area contributed by atoms with Crippen molar-refractivity contribution in [3.8, 4) is 0 Å². The molecule has 0 fully saturated rings. The first-order chi connectivity index (χ1) is 9.34. The van der Waals surface area contributed by atoms with E-state index in [1.165, 1.54) is 4.31 Å². The van der Waals surface area contributed by atoms with Crippen LogP contribution >= 0.6 is 12.2 Å². The van der Waals surface area contributed by atoms with Gasteiger partial charge in [-0.15, -0.1) is 0 Å². The summed E-state index contributed by atoms with van der Waals surface area (Å²) in [5, 5.41) is 0. The van der Waals surface area contributed by atoms with Crippen molar-refractivity contribution < 1.29 is 8.42 Å². The van der Waals surface area contributed by atoms with Gasteiger partial charge < -0.3 is 5.73 Å². The number of rotatable bonds is 7. The van der Waals surface area contributed by atoms with Gasteiger partial charge in [0.2, 0.25) is 10.0 Å². The Hall–Kier alpha value is -0.980. The van der Waals surface area contributed by atoms with Gasteiger partial charge in [0.05, 0.1) is 4.90 Å². The van der Waals surface area contributed by atoms with Crippen molar-refractivity contribution in [1.82, 2.24) is 4.31 Å². The molecule has 112 valence electrons. The second-order valence-corrected chi connectivity index (χ2v) is 7.12. The Bertz CT molecular complexity index is 577. The summed E-state index contributed by atoms with van der Waals surface area (Å²) in [5.41, 5.74) is 7.10. The fourth-order valence-electron chi connectivity index (χ4n) is 2.07. The van der Waals surface area contributed by atoms with Crippen molar-refractivity contribution in [3.63, 3.8) is 0 Å². The Labute approximate surface area is 127 Å². The molecule has 1 aromatic carbocycles. The van der Waals surface area contributed by atoms with Crippen LogP contribution in [-0.2, 0) is 10.0 Å². The number of nitrogens with zero attached hydrogens (tertiary/aromatic N) is 1. The Morgan fingerprint density at radius 3 is 2.20 bits per heavy atom. The number of nitrogens with two attached hydrogens (primary N) is 1. The first kappa shape index (κ1) is 17.1. The van der Waals surface area contributed by atoms with E-state index in [0.717, 1.165) is 24.0 Å². The highest BCUT2D eigenvalue weighted by Gasteiger charge is 2.23. The van der Waals surface area contributed by atoms with Gasteiger partial charge in [-0.3, -0.25) is 0 Å². The van der Waals surface area contributed by atoms with E-state index in [0.29, 0.717) is 18.0 Å². The standard InChI is InChI=1S/C14H22N2O2S2/c1-4-8-16(9-5-2)20(17,18)12-6-7-13(14(15)19)11(3)10-12/h6-7,10H,4-5,8-9H2,1-3H3,(H2,15,19). The molecule has 4 nitrogen and oxygen atoms in total. The first-order valence-electron chi connectivity index (χ1n) is 6.75. The predicted molar refractivity (Wildman–Crippen MR) is 86.4 cm³/mol. The van der Waals surface area contributed by atoms with E-state index in [9.17, 15) is 8.42 Å². The quantitative estimate of drug-likeness (QED) is 0.785. The smallest absolute Gasteiger partial charge is 0.243 e. The topological polar surface area (TPSA) is 63.4 Å². The minimum absolute atomic E-state index is 0.283. The van der Waals surface area contributed by atoms with E-state index in [1.807, 2.05) is 20.8 Å². The highest BCUT2D eigenvalue weighted by molar-refractivity contribution is 7.89. The summed E-state index contributed by atoms with van der Waals surface area (Å²) in [6.45, 7) is 6.83. The van der Waals surface area contributed by atoms with Crippen LogP contribution in [0.2, 0.25) is 0 Å². The molecule has 20 heavy (non-hydrogen) atoms. The highest BCUT2D eigenvalue weighted by Crippen LogP contribution is 2.20. The monoisotopic (exact) mass is 314 g/mol. The van der Waals surface area contributed by atoms with E-state index in [-0.39, 0.29) is 4.99 Å². The zero-order valence-electron chi connectivity index (χ0n) is 12.2. The van der Waals surface area contributed by atoms with Gasteiger partial charge in [-0.05, 0) is 37.5 Å². The van der Waals surface area contributed by atoms with Crippen molar-refractivity contribution >= 4 is 27.2 Å². The molecule has 2 N–H and O–H groups in total. The number of hydrogen-bond acceptors (Lipinski definition) is 3. The lowest BCUT2D eigenvalue weighted by Gasteiger charge is -2.21. The minimum atomic E-state index is -3.44. The molecule has 0 aliphatic heterocycles. The summed E-state index contributed by atoms with van der Waals surface area (Å²) in [6.07, 6.45) is 1.59. The molecule has 0 saturated heterocycles. The van der Waals surface area contributed by atoms with Gasteiger partial charge in [0, 0.05) is 18.7 Å². The lowest BCUT2D eigenvalue weighted by Crippen LogP contribution is -2.32. The van der Waals surface area contributed by atoms with Crippen LogP contribution in [0.4, 0.5) is 0 Å². The molecule has 6 heteroatoms. The lowest BCUT2D eigenvalue weighted by atomic mass is 10.1. The average molecular weight is 314 g/mol. The fraction of sp³-hybridized carbons (Fsp3) is 0.500. The number of hydrogen-bond donors (Lipinski definition) is 1. The van der Waals surface area contributed by atoms with Crippen molar-refractivity contribution in [2.45, 2.75) is 38.5 Å². The maximum absolute atomic E-state index is 12.6. The normalized spacial score (nSPS) is 11.8. The summed E-state index contributed by atoms with van der Waals surface area (Å²) in [5.74, 6) is 0. The third-order valence-electron chi connectivity index (χ3n) is 3.05. The SMILES string of the molecule is CCCN(CCC)S(=O)(=O)c1ccc(C(N)=S)c(C)c1. The molecule has 0 atom stereocenters. The van der Waals surface area contributed by atoms with Crippen molar-refractivity contribution in [3.05, 3.63) is 29.3 Å². The Balaban J connectivity index is 3.20. The van der Waals surface area contributed by atoms with Crippen molar-refractivity contribution in [2.75, 3.05) is 13.1 Å². The van der Waals surface area contributed by atoms with Crippen LogP contribution in [0.25, 0.3) is 0 Å². The third-order valence-corrected chi connectivity index (χ3v) is 5.16. The molecule has 0 radical (unpaired) electrons. The van der Waals surface area contributed by atoms with Gasteiger partial charge in [0.25, 0.3) is 0 Å². The van der Waals surface area contributed by atoms with E-state index in [1.54, 1.807) is 18.2 Å². The van der Waals surface area contributed by atoms with Gasteiger partial charge >= 0.3 is 0 Å². The summed E-state index contributed by atoms with van der Waals surface area (Å²) >= 11 is 4.94. The minimum Gasteiger partial charge on any atom is -0.389 e. The second kappa shape index (κ2) is 7.15. The van der Waals surface area contributed by atoms with Gasteiger partial charge in [0.15, 0.2) is 0 Å². The maximum atomic E-state index is 12.6. The molecule has 0 amide bonds. The highest BCUT2D eigenvalue weighted by atomic mass is 32.2. The lowest BCUT2D eigenvalue weighted by molar-refractivity contribution is 0.410. The van der Waals surface area contributed by atoms with Crippen LogP contribution in [0, 0.1) is 6.92 Å². The van der Waals surface area contributed by atoms with Crippen LogP contribution in [-0.4, -0.2) is 30.8 Å².